The van der Waals surface area contributed by atoms with Crippen LogP contribution in [0.2, 0.25) is 0 Å². The van der Waals surface area contributed by atoms with Crippen LogP contribution in [-0.4, -0.2) is 114 Å². The van der Waals surface area contributed by atoms with Gasteiger partial charge in [0.15, 0.2) is 24.0 Å². The number of carbonyl (C=O) groups is 5. The molecule has 0 bridgehead atoms. The summed E-state index contributed by atoms with van der Waals surface area (Å²) in [6.07, 6.45) is 6.28. The molecule has 2 aromatic heterocycles. The Morgan fingerprint density at radius 1 is 0.924 bits per heavy atom. The van der Waals surface area contributed by atoms with Crippen LogP contribution >= 0.6 is 0 Å². The molecule has 7 rings (SSSR count). The van der Waals surface area contributed by atoms with Gasteiger partial charge < -0.3 is 58.8 Å². The summed E-state index contributed by atoms with van der Waals surface area (Å²) >= 11 is 0. The summed E-state index contributed by atoms with van der Waals surface area (Å²) in [5.41, 5.74) is 4.70. The van der Waals surface area contributed by atoms with E-state index < -0.39 is 24.7 Å². The van der Waals surface area contributed by atoms with Gasteiger partial charge in [-0.25, -0.2) is 9.69 Å². The molecule has 4 N–H and O–H groups in total. The number of nitrogens with zero attached hydrogens (tertiary/aromatic N) is 4. The molecule has 0 saturated carbocycles. The number of methoxy groups -OCH3 is 1. The van der Waals surface area contributed by atoms with E-state index >= 15 is 0 Å². The summed E-state index contributed by atoms with van der Waals surface area (Å²) in [6, 6.07) is 13.1. The molecule has 2 aromatic carbocycles. The number of amides is 5. The number of hydrogen-bond acceptors (Lipinski definition) is 11. The standard InChI is InChI=1S/C48H57N7O11/c1-6-19-65-48(61)55-36-26-41(40(62-5)25-35(36)46(60)54-27-30(2)22-39(54)47(55)66-43-12-7-8-20-64-43)63-21-9-11-42(57)50-34-24-38(53(4)29-34)45(59)51-33-15-13-31(14-16-33)32-23-37(52(3)28-32)44(58)49-17-10-18-56/h6,13-16,23-26,28-29,39,43,47,56H,1-2,7-12,17-22,27H2,3-5H3,(H,49,58)(H,50,57)(H,51,59)/t39-,43?,47?/m0/s1. The van der Waals surface area contributed by atoms with Crippen molar-refractivity contribution in [2.45, 2.75) is 63.5 Å². The largest absolute Gasteiger partial charge is 0.493 e. The maximum absolute atomic E-state index is 14.2. The van der Waals surface area contributed by atoms with Gasteiger partial charge in [-0.1, -0.05) is 36.9 Å². The average molecular weight is 908 g/mol. The average Bonchev–Trinajstić information content (AvgIpc) is 4.00. The Hall–Kier alpha value is -6.89. The molecule has 5 heterocycles. The quantitative estimate of drug-likeness (QED) is 0.0675. The lowest BCUT2D eigenvalue weighted by molar-refractivity contribution is -0.195. The number of aliphatic hydroxyl groups is 1. The fourth-order valence-electron chi connectivity index (χ4n) is 8.25. The van der Waals surface area contributed by atoms with Crippen molar-refractivity contribution in [3.05, 3.63) is 103 Å². The number of ether oxygens (including phenoxy) is 5. The predicted molar refractivity (Wildman–Crippen MR) is 246 cm³/mol. The highest BCUT2D eigenvalue weighted by molar-refractivity contribution is 6.07. The van der Waals surface area contributed by atoms with Gasteiger partial charge in [0.1, 0.15) is 18.0 Å². The number of fused-ring (bicyclic) bond motifs is 2. The van der Waals surface area contributed by atoms with Gasteiger partial charge in [0.2, 0.25) is 5.91 Å². The van der Waals surface area contributed by atoms with E-state index in [2.05, 4.69) is 29.1 Å². The molecule has 4 aromatic rings. The van der Waals surface area contributed by atoms with E-state index in [-0.39, 0.29) is 85.6 Å². The van der Waals surface area contributed by atoms with Crippen LogP contribution in [0.15, 0.2) is 85.7 Å². The fraction of sp³-hybridized carbons (Fsp3) is 0.396. The first-order valence-electron chi connectivity index (χ1n) is 22.0. The molecular weight excluding hydrogens is 851 g/mol. The first kappa shape index (κ1) is 47.1. The summed E-state index contributed by atoms with van der Waals surface area (Å²) in [5, 5.41) is 17.5. The number of aromatic nitrogens is 2. The van der Waals surface area contributed by atoms with E-state index in [4.69, 9.17) is 28.8 Å². The number of aryl methyl sites for hydroxylation is 2. The van der Waals surface area contributed by atoms with Crippen LogP contribution < -0.4 is 30.3 Å². The SMILES string of the molecule is C=CCOC(=O)N1c2cc(OCCCC(=O)Nc3cc(C(=O)Nc4ccc(-c5cc(C(=O)NCCCO)n(C)c5)cc4)n(C)c3)c(OC)cc2C(=O)N2CC(=C)C[C@H]2C1OC1CCCCO1. The summed E-state index contributed by atoms with van der Waals surface area (Å²) < 4.78 is 33.2. The minimum Gasteiger partial charge on any atom is -0.493 e. The summed E-state index contributed by atoms with van der Waals surface area (Å²) in [4.78, 5) is 70.1. The van der Waals surface area contributed by atoms with Gasteiger partial charge in [0, 0.05) is 76.5 Å². The summed E-state index contributed by atoms with van der Waals surface area (Å²) in [7, 11) is 4.94. The Labute approximate surface area is 383 Å². The first-order chi connectivity index (χ1) is 31.9. The van der Waals surface area contributed by atoms with E-state index in [1.807, 2.05) is 18.3 Å². The van der Waals surface area contributed by atoms with Crippen LogP contribution in [-0.2, 0) is 33.1 Å². The maximum atomic E-state index is 14.2. The zero-order valence-corrected chi connectivity index (χ0v) is 37.5. The smallest absolute Gasteiger partial charge is 0.416 e. The molecule has 2 saturated heterocycles. The Bertz CT molecular complexity index is 2450. The number of rotatable bonds is 18. The number of benzene rings is 2. The number of aliphatic hydroxyl groups excluding tert-OH is 1. The minimum absolute atomic E-state index is 0.00353. The monoisotopic (exact) mass is 907 g/mol. The van der Waals surface area contributed by atoms with Crippen molar-refractivity contribution < 1.29 is 52.8 Å². The normalized spacial score (nSPS) is 17.9. The van der Waals surface area contributed by atoms with E-state index in [0.717, 1.165) is 29.5 Å². The second-order valence-corrected chi connectivity index (χ2v) is 16.3. The molecule has 66 heavy (non-hydrogen) atoms. The highest BCUT2D eigenvalue weighted by Crippen LogP contribution is 2.43. The molecular formula is C48H57N7O11. The van der Waals surface area contributed by atoms with Crippen LogP contribution in [0.5, 0.6) is 11.5 Å². The molecule has 350 valence electrons. The van der Waals surface area contributed by atoms with E-state index in [9.17, 15) is 24.0 Å². The maximum Gasteiger partial charge on any atom is 0.416 e. The lowest BCUT2D eigenvalue weighted by Crippen LogP contribution is -2.54. The molecule has 0 aliphatic carbocycles. The number of anilines is 3. The molecule has 0 spiro atoms. The van der Waals surface area contributed by atoms with E-state index in [1.165, 1.54) is 24.2 Å². The van der Waals surface area contributed by atoms with Crippen molar-refractivity contribution in [1.29, 1.82) is 0 Å². The second-order valence-electron chi connectivity index (χ2n) is 16.3. The third-order valence-corrected chi connectivity index (χ3v) is 11.5. The number of carbonyl (C=O) groups excluding carboxylic acids is 5. The van der Waals surface area contributed by atoms with Crippen molar-refractivity contribution >= 4 is 46.8 Å². The third kappa shape index (κ3) is 10.8. The van der Waals surface area contributed by atoms with Gasteiger partial charge in [-0.3, -0.25) is 19.2 Å². The van der Waals surface area contributed by atoms with Gasteiger partial charge in [0.05, 0.1) is 36.7 Å². The molecule has 0 radical (unpaired) electrons. The van der Waals surface area contributed by atoms with Crippen LogP contribution in [0.1, 0.15) is 76.3 Å². The summed E-state index contributed by atoms with van der Waals surface area (Å²) in [5.74, 6) is -0.755. The first-order valence-corrected chi connectivity index (χ1v) is 22.0. The number of hydrogen-bond donors (Lipinski definition) is 4. The van der Waals surface area contributed by atoms with Gasteiger partial charge in [-0.15, -0.1) is 0 Å². The highest BCUT2D eigenvalue weighted by Gasteiger charge is 2.48. The number of nitrogens with one attached hydrogen (secondary N) is 3. The summed E-state index contributed by atoms with van der Waals surface area (Å²) in [6.45, 7) is 8.99. The Morgan fingerprint density at radius 3 is 2.42 bits per heavy atom. The van der Waals surface area contributed by atoms with Gasteiger partial charge >= 0.3 is 6.09 Å². The van der Waals surface area contributed by atoms with Crippen LogP contribution in [0.4, 0.5) is 21.9 Å². The molecule has 2 fully saturated rings. The van der Waals surface area contributed by atoms with Crippen molar-refractivity contribution in [2.24, 2.45) is 14.1 Å². The molecule has 3 atom stereocenters. The second kappa shape index (κ2) is 21.4. The fourth-order valence-corrected chi connectivity index (χ4v) is 8.25. The Kier molecular flexibility index (Phi) is 15.3. The van der Waals surface area contributed by atoms with E-state index in [0.29, 0.717) is 55.2 Å². The van der Waals surface area contributed by atoms with Crippen LogP contribution in [0.3, 0.4) is 0 Å². The molecule has 2 unspecified atom stereocenters. The van der Waals surface area contributed by atoms with Crippen molar-refractivity contribution in [3.8, 4) is 22.6 Å². The van der Waals surface area contributed by atoms with Gasteiger partial charge in [-0.2, -0.15) is 0 Å². The minimum atomic E-state index is -0.975. The predicted octanol–water partition coefficient (Wildman–Crippen LogP) is 5.98. The van der Waals surface area contributed by atoms with Crippen molar-refractivity contribution in [1.82, 2.24) is 19.4 Å². The lowest BCUT2D eigenvalue weighted by Gasteiger charge is -2.38. The van der Waals surface area contributed by atoms with Gasteiger partial charge in [0.25, 0.3) is 17.7 Å². The molecule has 3 aliphatic rings. The molecule has 3 aliphatic heterocycles. The zero-order valence-electron chi connectivity index (χ0n) is 37.5. The Morgan fingerprint density at radius 2 is 1.70 bits per heavy atom. The van der Waals surface area contributed by atoms with Crippen LogP contribution in [0.25, 0.3) is 11.1 Å². The Balaban J connectivity index is 0.975. The van der Waals surface area contributed by atoms with Gasteiger partial charge in [-0.05, 0) is 74.4 Å². The van der Waals surface area contributed by atoms with Crippen molar-refractivity contribution in [2.75, 3.05) is 62.2 Å². The third-order valence-electron chi connectivity index (χ3n) is 11.5. The van der Waals surface area contributed by atoms with Crippen LogP contribution in [0, 0.1) is 0 Å². The topological polar surface area (TPSA) is 204 Å². The highest BCUT2D eigenvalue weighted by atomic mass is 16.7. The molecule has 18 nitrogen and oxygen atoms in total. The van der Waals surface area contributed by atoms with Crippen molar-refractivity contribution in [3.63, 3.8) is 0 Å². The molecule has 18 heteroatoms. The van der Waals surface area contributed by atoms with E-state index in [1.54, 1.807) is 64.7 Å². The lowest BCUT2D eigenvalue weighted by atomic mass is 10.1. The zero-order chi connectivity index (χ0) is 46.9. The molecule has 5 amide bonds.